The maximum atomic E-state index is 13.4. The highest BCUT2D eigenvalue weighted by Gasteiger charge is 2.17. The molecule has 0 radical (unpaired) electrons. The number of ether oxygens (including phenoxy) is 2. The molecule has 4 aromatic rings. The molecule has 0 aliphatic carbocycles. The number of carbonyl (C=O) groups is 1. The van der Waals surface area contributed by atoms with Crippen LogP contribution in [0.5, 0.6) is 5.75 Å². The van der Waals surface area contributed by atoms with Crippen molar-refractivity contribution >= 4 is 17.7 Å². The molecule has 0 aliphatic heterocycles. The predicted octanol–water partition coefficient (Wildman–Crippen LogP) is 4.79. The van der Waals surface area contributed by atoms with Crippen LogP contribution in [0.2, 0.25) is 0 Å². The number of hydrogen-bond donors (Lipinski definition) is 0. The minimum absolute atomic E-state index is 0.0692. The molecule has 1 heterocycles. The van der Waals surface area contributed by atoms with Crippen LogP contribution in [-0.2, 0) is 9.53 Å². The van der Waals surface area contributed by atoms with Gasteiger partial charge < -0.3 is 9.47 Å². The van der Waals surface area contributed by atoms with Crippen molar-refractivity contribution < 1.29 is 18.7 Å². The van der Waals surface area contributed by atoms with Crippen LogP contribution in [0.25, 0.3) is 17.1 Å². The van der Waals surface area contributed by atoms with E-state index in [9.17, 15) is 9.18 Å². The van der Waals surface area contributed by atoms with E-state index in [4.69, 9.17) is 9.47 Å². The third-order valence-electron chi connectivity index (χ3n) is 4.43. The second-order valence-corrected chi connectivity index (χ2v) is 7.60. The third-order valence-corrected chi connectivity index (χ3v) is 5.33. The molecule has 0 saturated carbocycles. The van der Waals surface area contributed by atoms with Crippen molar-refractivity contribution in [3.8, 4) is 22.8 Å². The van der Waals surface area contributed by atoms with E-state index in [1.54, 1.807) is 12.1 Å². The summed E-state index contributed by atoms with van der Waals surface area (Å²) in [5, 5.41) is 9.06. The zero-order chi connectivity index (χ0) is 22.2. The number of para-hydroxylation sites is 2. The van der Waals surface area contributed by atoms with Crippen molar-refractivity contribution in [1.29, 1.82) is 0 Å². The van der Waals surface area contributed by atoms with Crippen LogP contribution >= 0.6 is 11.8 Å². The molecular weight excluding hydrogens is 429 g/mol. The second kappa shape index (κ2) is 10.6. The Morgan fingerprint density at radius 2 is 1.56 bits per heavy atom. The Labute approximate surface area is 189 Å². The first-order valence-corrected chi connectivity index (χ1v) is 10.9. The van der Waals surface area contributed by atoms with Crippen LogP contribution in [0.3, 0.4) is 0 Å². The zero-order valence-corrected chi connectivity index (χ0v) is 17.9. The van der Waals surface area contributed by atoms with E-state index >= 15 is 0 Å². The summed E-state index contributed by atoms with van der Waals surface area (Å²) in [5.74, 6) is 0.649. The topological polar surface area (TPSA) is 66.2 Å². The van der Waals surface area contributed by atoms with Crippen molar-refractivity contribution in [2.24, 2.45) is 0 Å². The monoisotopic (exact) mass is 449 g/mol. The highest BCUT2D eigenvalue weighted by molar-refractivity contribution is 7.99. The molecule has 0 amide bonds. The number of nitrogens with zero attached hydrogens (tertiary/aromatic N) is 3. The largest absolute Gasteiger partial charge is 0.490 e. The van der Waals surface area contributed by atoms with E-state index in [0.29, 0.717) is 11.0 Å². The number of thioether (sulfide) groups is 1. The molecule has 8 heteroatoms. The fourth-order valence-electron chi connectivity index (χ4n) is 2.96. The van der Waals surface area contributed by atoms with Gasteiger partial charge in [-0.25, -0.2) is 4.39 Å². The number of rotatable bonds is 9. The molecule has 0 spiro atoms. The quantitative estimate of drug-likeness (QED) is 0.208. The van der Waals surface area contributed by atoms with Gasteiger partial charge in [-0.2, -0.15) is 0 Å². The van der Waals surface area contributed by atoms with Gasteiger partial charge in [-0.15, -0.1) is 10.2 Å². The first-order chi connectivity index (χ1) is 15.7. The maximum absolute atomic E-state index is 13.4. The lowest BCUT2D eigenvalue weighted by Crippen LogP contribution is -2.14. The van der Waals surface area contributed by atoms with E-state index < -0.39 is 0 Å². The molecule has 0 unspecified atom stereocenters. The number of benzene rings is 3. The zero-order valence-electron chi connectivity index (χ0n) is 17.1. The summed E-state index contributed by atoms with van der Waals surface area (Å²) in [7, 11) is 0. The number of aromatic nitrogens is 3. The number of halogens is 1. The van der Waals surface area contributed by atoms with Crippen LogP contribution in [0.15, 0.2) is 90.1 Å². The average molecular weight is 450 g/mol. The van der Waals surface area contributed by atoms with E-state index in [2.05, 4.69) is 10.2 Å². The summed E-state index contributed by atoms with van der Waals surface area (Å²) >= 11 is 1.22. The van der Waals surface area contributed by atoms with Crippen molar-refractivity contribution in [2.45, 2.75) is 5.16 Å². The Balaban J connectivity index is 1.41. The first-order valence-electron chi connectivity index (χ1n) is 9.94. The van der Waals surface area contributed by atoms with Crippen LogP contribution in [0.1, 0.15) is 0 Å². The lowest BCUT2D eigenvalue weighted by Gasteiger charge is -2.10. The van der Waals surface area contributed by atoms with Crippen LogP contribution in [0, 0.1) is 5.82 Å². The van der Waals surface area contributed by atoms with E-state index in [1.165, 1.54) is 23.9 Å². The number of esters is 1. The van der Waals surface area contributed by atoms with Crippen molar-refractivity contribution in [3.63, 3.8) is 0 Å². The Kier molecular flexibility index (Phi) is 7.14. The van der Waals surface area contributed by atoms with E-state index in [0.717, 1.165) is 17.0 Å². The highest BCUT2D eigenvalue weighted by Crippen LogP contribution is 2.28. The lowest BCUT2D eigenvalue weighted by molar-refractivity contribution is -0.141. The van der Waals surface area contributed by atoms with Gasteiger partial charge in [0.25, 0.3) is 0 Å². The molecule has 6 nitrogen and oxygen atoms in total. The van der Waals surface area contributed by atoms with E-state index in [1.807, 2.05) is 65.2 Å². The molecule has 0 aliphatic rings. The molecule has 0 N–H and O–H groups in total. The highest BCUT2D eigenvalue weighted by atomic mass is 32.2. The fraction of sp³-hybridized carbons (Fsp3) is 0.125. The van der Waals surface area contributed by atoms with Crippen molar-refractivity contribution in [2.75, 3.05) is 19.0 Å². The minimum Gasteiger partial charge on any atom is -0.490 e. The lowest BCUT2D eigenvalue weighted by atomic mass is 10.2. The van der Waals surface area contributed by atoms with Crippen LogP contribution in [0.4, 0.5) is 4.39 Å². The van der Waals surface area contributed by atoms with Gasteiger partial charge in [0.2, 0.25) is 0 Å². The van der Waals surface area contributed by atoms with Crippen LogP contribution in [-0.4, -0.2) is 39.7 Å². The van der Waals surface area contributed by atoms with Crippen LogP contribution < -0.4 is 4.74 Å². The van der Waals surface area contributed by atoms with Gasteiger partial charge in [0.15, 0.2) is 11.0 Å². The molecular formula is C24H20FN3O3S. The summed E-state index contributed by atoms with van der Waals surface area (Å²) in [5.41, 5.74) is 1.55. The van der Waals surface area contributed by atoms with E-state index in [-0.39, 0.29) is 30.8 Å². The summed E-state index contributed by atoms with van der Waals surface area (Å²) in [6, 6.07) is 24.9. The molecule has 0 bridgehead atoms. The minimum atomic E-state index is -0.377. The molecule has 1 aromatic heterocycles. The molecule has 4 rings (SSSR count). The maximum Gasteiger partial charge on any atom is 0.316 e. The summed E-state index contributed by atoms with van der Waals surface area (Å²) in [4.78, 5) is 12.2. The van der Waals surface area contributed by atoms with Gasteiger partial charge >= 0.3 is 5.97 Å². The second-order valence-electron chi connectivity index (χ2n) is 6.65. The Hall–Kier alpha value is -3.65. The first kappa shape index (κ1) is 21.6. The average Bonchev–Trinajstić information content (AvgIpc) is 3.26. The predicted molar refractivity (Wildman–Crippen MR) is 120 cm³/mol. The Morgan fingerprint density at radius 1 is 0.875 bits per heavy atom. The van der Waals surface area contributed by atoms with Gasteiger partial charge in [0, 0.05) is 11.3 Å². The Morgan fingerprint density at radius 3 is 2.28 bits per heavy atom. The number of hydrogen-bond acceptors (Lipinski definition) is 6. The van der Waals surface area contributed by atoms with Gasteiger partial charge in [-0.05, 0) is 48.5 Å². The normalized spacial score (nSPS) is 10.7. The molecule has 0 saturated heterocycles. The molecule has 0 atom stereocenters. The standard InChI is InChI=1S/C24H20FN3O3S/c25-19-13-11-18(12-14-19)23-26-27-24(28(23)20-7-3-1-4-8-20)32-17-22(29)31-16-15-30-21-9-5-2-6-10-21/h1-14H,15-17H2. The van der Waals surface area contributed by atoms with Gasteiger partial charge in [0.05, 0.1) is 5.75 Å². The number of carbonyl (C=O) groups excluding carboxylic acids is 1. The van der Waals surface area contributed by atoms with Crippen molar-refractivity contribution in [3.05, 3.63) is 90.7 Å². The Bertz CT molecular complexity index is 1150. The third kappa shape index (κ3) is 5.53. The molecule has 162 valence electrons. The molecule has 0 fully saturated rings. The summed E-state index contributed by atoms with van der Waals surface area (Å²) < 4.78 is 26.0. The van der Waals surface area contributed by atoms with Crippen molar-refractivity contribution in [1.82, 2.24) is 14.8 Å². The molecule has 32 heavy (non-hydrogen) atoms. The van der Waals surface area contributed by atoms with Gasteiger partial charge in [-0.1, -0.05) is 48.2 Å². The smallest absolute Gasteiger partial charge is 0.316 e. The molecule has 3 aromatic carbocycles. The SMILES string of the molecule is O=C(CSc1nnc(-c2ccc(F)cc2)n1-c1ccccc1)OCCOc1ccccc1. The van der Waals surface area contributed by atoms with Gasteiger partial charge in [0.1, 0.15) is 24.8 Å². The van der Waals surface area contributed by atoms with Gasteiger partial charge in [-0.3, -0.25) is 9.36 Å². The summed E-state index contributed by atoms with van der Waals surface area (Å²) in [6.45, 7) is 0.426. The summed E-state index contributed by atoms with van der Waals surface area (Å²) in [6.07, 6.45) is 0. The fourth-order valence-corrected chi connectivity index (χ4v) is 3.71.